The minimum absolute atomic E-state index is 0.252. The average molecular weight is 271 g/mol. The summed E-state index contributed by atoms with van der Waals surface area (Å²) in [4.78, 5) is 0. The number of hydrogen-bond donors (Lipinski definition) is 1. The fourth-order valence-corrected chi connectivity index (χ4v) is 4.59. The number of rotatable bonds is 1. The highest BCUT2D eigenvalue weighted by Gasteiger charge is 2.42. The summed E-state index contributed by atoms with van der Waals surface area (Å²) >= 11 is 0. The van der Waals surface area contributed by atoms with Crippen LogP contribution in [0.1, 0.15) is 50.5 Å². The van der Waals surface area contributed by atoms with Gasteiger partial charge in [0.25, 0.3) is 0 Å². The van der Waals surface area contributed by atoms with E-state index in [-0.39, 0.29) is 5.60 Å². The molecule has 1 aromatic carbocycles. The van der Waals surface area contributed by atoms with E-state index in [1.807, 2.05) is 0 Å². The molecule has 2 fully saturated rings. The van der Waals surface area contributed by atoms with Gasteiger partial charge in [-0.05, 0) is 56.1 Å². The van der Waals surface area contributed by atoms with Crippen LogP contribution in [-0.2, 0) is 11.2 Å². The summed E-state index contributed by atoms with van der Waals surface area (Å²) in [7, 11) is 0. The van der Waals surface area contributed by atoms with Gasteiger partial charge in [0.2, 0.25) is 0 Å². The monoisotopic (exact) mass is 271 g/mol. The highest BCUT2D eigenvalue weighted by molar-refractivity contribution is 5.53. The van der Waals surface area contributed by atoms with Gasteiger partial charge in [0.05, 0.1) is 5.60 Å². The van der Waals surface area contributed by atoms with Crippen molar-refractivity contribution in [3.05, 3.63) is 29.8 Å². The summed E-state index contributed by atoms with van der Waals surface area (Å²) in [6, 6.07) is 9.47. The molecule has 1 aliphatic carbocycles. The van der Waals surface area contributed by atoms with Crippen molar-refractivity contribution in [3.63, 3.8) is 0 Å². The van der Waals surface area contributed by atoms with Gasteiger partial charge in [0.15, 0.2) is 0 Å². The fourth-order valence-electron chi connectivity index (χ4n) is 4.59. The van der Waals surface area contributed by atoms with Gasteiger partial charge >= 0.3 is 0 Å². The van der Waals surface area contributed by atoms with Crippen molar-refractivity contribution in [3.8, 4) is 0 Å². The fraction of sp³-hybridized carbons (Fsp3) is 0.667. The van der Waals surface area contributed by atoms with Crippen LogP contribution in [0.3, 0.4) is 0 Å². The van der Waals surface area contributed by atoms with E-state index in [0.717, 1.165) is 12.5 Å². The molecule has 1 saturated carbocycles. The van der Waals surface area contributed by atoms with Crippen molar-refractivity contribution in [2.24, 2.45) is 5.92 Å². The molecule has 2 unspecified atom stereocenters. The molecule has 0 aromatic heterocycles. The van der Waals surface area contributed by atoms with E-state index in [0.29, 0.717) is 6.04 Å². The number of ether oxygens (including phenoxy) is 1. The summed E-state index contributed by atoms with van der Waals surface area (Å²) in [5.41, 5.74) is 3.11. The third-order valence-corrected chi connectivity index (χ3v) is 5.70. The molecule has 1 aromatic rings. The summed E-state index contributed by atoms with van der Waals surface area (Å²) in [6.45, 7) is 0.977. The number of para-hydroxylation sites is 1. The second kappa shape index (κ2) is 5.07. The Balaban J connectivity index is 1.48. The lowest BCUT2D eigenvalue weighted by atomic mass is 9.78. The molecule has 3 aliphatic rings. The summed E-state index contributed by atoms with van der Waals surface area (Å²) < 4.78 is 6.19. The lowest BCUT2D eigenvalue weighted by molar-refractivity contribution is -0.0955. The second-order valence-electron chi connectivity index (χ2n) is 6.94. The van der Waals surface area contributed by atoms with Crippen LogP contribution in [0.2, 0.25) is 0 Å². The minimum Gasteiger partial charge on any atom is -0.382 e. The van der Waals surface area contributed by atoms with Gasteiger partial charge in [-0.25, -0.2) is 0 Å². The number of benzene rings is 1. The van der Waals surface area contributed by atoms with Crippen LogP contribution in [0, 0.1) is 5.92 Å². The molecule has 1 spiro atoms. The molecule has 1 saturated heterocycles. The van der Waals surface area contributed by atoms with E-state index >= 15 is 0 Å². The first-order valence-corrected chi connectivity index (χ1v) is 8.33. The van der Waals surface area contributed by atoms with E-state index < -0.39 is 0 Å². The molecule has 4 rings (SSSR count). The van der Waals surface area contributed by atoms with Crippen LogP contribution in [-0.4, -0.2) is 18.2 Å². The minimum atomic E-state index is 0.252. The van der Waals surface area contributed by atoms with Gasteiger partial charge < -0.3 is 10.1 Å². The molecule has 0 radical (unpaired) electrons. The molecule has 2 heteroatoms. The first kappa shape index (κ1) is 12.7. The van der Waals surface area contributed by atoms with E-state index in [1.165, 1.54) is 62.6 Å². The molecule has 1 N–H and O–H groups in total. The van der Waals surface area contributed by atoms with Crippen molar-refractivity contribution in [1.82, 2.24) is 0 Å². The summed E-state index contributed by atoms with van der Waals surface area (Å²) in [6.07, 6.45) is 10.4. The Labute approximate surface area is 121 Å². The Morgan fingerprint density at radius 3 is 2.85 bits per heavy atom. The van der Waals surface area contributed by atoms with Gasteiger partial charge in [-0.1, -0.05) is 31.0 Å². The zero-order chi connectivity index (χ0) is 13.4. The van der Waals surface area contributed by atoms with Crippen LogP contribution < -0.4 is 5.32 Å². The molecule has 2 heterocycles. The predicted molar refractivity (Wildman–Crippen MR) is 82.0 cm³/mol. The Hall–Kier alpha value is -1.02. The molecule has 2 atom stereocenters. The highest BCUT2D eigenvalue weighted by Crippen LogP contribution is 2.44. The smallest absolute Gasteiger partial charge is 0.0686 e. The number of aryl methyl sites for hydroxylation is 1. The SMILES string of the molecule is c1ccc2c(c1)CCC(C1CCOC3(CCCC3)C1)N2. The number of nitrogens with one attached hydrogen (secondary N) is 1. The van der Waals surface area contributed by atoms with Crippen molar-refractivity contribution >= 4 is 5.69 Å². The largest absolute Gasteiger partial charge is 0.382 e. The molecule has 2 aliphatic heterocycles. The van der Waals surface area contributed by atoms with Crippen molar-refractivity contribution in [1.29, 1.82) is 0 Å². The Bertz CT molecular complexity index is 478. The first-order chi connectivity index (χ1) is 9.85. The lowest BCUT2D eigenvalue weighted by Crippen LogP contribution is -2.44. The molecular formula is C18H25NO. The summed E-state index contributed by atoms with van der Waals surface area (Å²) in [5, 5.41) is 3.82. The molecule has 0 bridgehead atoms. The van der Waals surface area contributed by atoms with Gasteiger partial charge in [-0.15, -0.1) is 0 Å². The molecule has 2 nitrogen and oxygen atoms in total. The molecule has 0 amide bonds. The van der Waals surface area contributed by atoms with Gasteiger partial charge in [-0.2, -0.15) is 0 Å². The molecule has 20 heavy (non-hydrogen) atoms. The second-order valence-corrected chi connectivity index (χ2v) is 6.94. The number of fused-ring (bicyclic) bond motifs is 1. The topological polar surface area (TPSA) is 21.3 Å². The van der Waals surface area contributed by atoms with Gasteiger partial charge in [-0.3, -0.25) is 0 Å². The average Bonchev–Trinajstić information content (AvgIpc) is 2.94. The predicted octanol–water partition coefficient (Wildman–Crippen LogP) is 4.15. The Morgan fingerprint density at radius 1 is 1.10 bits per heavy atom. The van der Waals surface area contributed by atoms with Crippen molar-refractivity contribution in [2.45, 2.75) is 63.0 Å². The zero-order valence-corrected chi connectivity index (χ0v) is 12.2. The third-order valence-electron chi connectivity index (χ3n) is 5.70. The van der Waals surface area contributed by atoms with E-state index in [9.17, 15) is 0 Å². The maximum atomic E-state index is 6.19. The third kappa shape index (κ3) is 2.24. The Morgan fingerprint density at radius 2 is 1.95 bits per heavy atom. The Kier molecular flexibility index (Phi) is 3.22. The standard InChI is InChI=1S/C18H25NO/c1-2-6-16-14(5-1)7-8-17(19-16)15-9-12-20-18(13-15)10-3-4-11-18/h1-2,5-6,15,17,19H,3-4,7-13H2. The van der Waals surface area contributed by atoms with E-state index in [2.05, 4.69) is 29.6 Å². The summed E-state index contributed by atoms with van der Waals surface area (Å²) in [5.74, 6) is 0.801. The zero-order valence-electron chi connectivity index (χ0n) is 12.2. The van der Waals surface area contributed by atoms with Crippen LogP contribution >= 0.6 is 0 Å². The van der Waals surface area contributed by atoms with Crippen LogP contribution in [0.5, 0.6) is 0 Å². The number of hydrogen-bond acceptors (Lipinski definition) is 2. The van der Waals surface area contributed by atoms with Crippen molar-refractivity contribution in [2.75, 3.05) is 11.9 Å². The quantitative estimate of drug-likeness (QED) is 0.828. The van der Waals surface area contributed by atoms with E-state index in [1.54, 1.807) is 0 Å². The molecule has 108 valence electrons. The lowest BCUT2D eigenvalue weighted by Gasteiger charge is -2.43. The normalized spacial score (nSPS) is 31.8. The first-order valence-electron chi connectivity index (χ1n) is 8.33. The maximum Gasteiger partial charge on any atom is 0.0686 e. The van der Waals surface area contributed by atoms with Crippen LogP contribution in [0.15, 0.2) is 24.3 Å². The number of anilines is 1. The van der Waals surface area contributed by atoms with E-state index in [4.69, 9.17) is 4.74 Å². The van der Waals surface area contributed by atoms with Gasteiger partial charge in [0, 0.05) is 18.3 Å². The molecular weight excluding hydrogens is 246 g/mol. The van der Waals surface area contributed by atoms with Crippen LogP contribution in [0.25, 0.3) is 0 Å². The van der Waals surface area contributed by atoms with Crippen LogP contribution in [0.4, 0.5) is 5.69 Å². The van der Waals surface area contributed by atoms with Gasteiger partial charge in [0.1, 0.15) is 0 Å². The maximum absolute atomic E-state index is 6.19. The highest BCUT2D eigenvalue weighted by atomic mass is 16.5. The van der Waals surface area contributed by atoms with Crippen molar-refractivity contribution < 1.29 is 4.74 Å².